The van der Waals surface area contributed by atoms with Crippen LogP contribution in [0, 0.1) is 0 Å². The van der Waals surface area contributed by atoms with E-state index >= 15 is 0 Å². The number of hydrogen-bond donors (Lipinski definition) is 0. The van der Waals surface area contributed by atoms with E-state index in [0.29, 0.717) is 0 Å². The van der Waals surface area contributed by atoms with Crippen LogP contribution in [0.15, 0.2) is 0 Å². The van der Waals surface area contributed by atoms with Gasteiger partial charge in [-0.25, -0.2) is 0 Å². The minimum atomic E-state index is -1.25. The number of unbranched alkanes of at least 4 members (excludes halogenated alkanes) is 1. The van der Waals surface area contributed by atoms with Gasteiger partial charge in [0.25, 0.3) is 0 Å². The Morgan fingerprint density at radius 1 is 0.917 bits per heavy atom. The first-order valence-corrected chi connectivity index (χ1v) is 7.91. The Morgan fingerprint density at radius 2 is 1.42 bits per heavy atom. The Morgan fingerprint density at radius 3 is 1.75 bits per heavy atom. The minimum absolute atomic E-state index is 0.998. The van der Waals surface area contributed by atoms with Crippen LogP contribution in [0.2, 0.25) is 18.1 Å². The third-order valence-corrected chi connectivity index (χ3v) is 7.52. The van der Waals surface area contributed by atoms with Crippen molar-refractivity contribution >= 4 is 8.32 Å². The van der Waals surface area contributed by atoms with E-state index in [1.54, 1.807) is 0 Å². The molecule has 0 atom stereocenters. The largest absolute Gasteiger partial charge is 0.417 e. The lowest BCUT2D eigenvalue weighted by Crippen LogP contribution is -2.35. The molecule has 0 aliphatic heterocycles. The van der Waals surface area contributed by atoms with E-state index in [9.17, 15) is 0 Å². The van der Waals surface area contributed by atoms with Gasteiger partial charge in [0.05, 0.1) is 0 Å². The van der Waals surface area contributed by atoms with Gasteiger partial charge in [-0.1, -0.05) is 34.1 Å². The van der Waals surface area contributed by atoms with Gasteiger partial charge in [-0.05, 0) is 24.6 Å². The molecule has 0 unspecified atom stereocenters. The van der Waals surface area contributed by atoms with Crippen LogP contribution in [-0.2, 0) is 4.43 Å². The molecule has 0 bridgehead atoms. The quantitative estimate of drug-likeness (QED) is 0.436. The van der Waals surface area contributed by atoms with Crippen LogP contribution >= 0.6 is 0 Å². The molecule has 2 heteroatoms. The Labute approximate surface area is 78.6 Å². The maximum atomic E-state index is 6.06. The highest BCUT2D eigenvalue weighted by Gasteiger charge is 2.27. The fourth-order valence-electron chi connectivity index (χ4n) is 1.49. The van der Waals surface area contributed by atoms with Crippen molar-refractivity contribution in [2.75, 3.05) is 6.61 Å². The van der Waals surface area contributed by atoms with Crippen molar-refractivity contribution in [2.45, 2.75) is 58.7 Å². The Balaban J connectivity index is 3.76. The monoisotopic (exact) mass is 188 g/mol. The first-order valence-electron chi connectivity index (χ1n) is 5.38. The van der Waals surface area contributed by atoms with Crippen molar-refractivity contribution in [3.8, 4) is 0 Å². The molecule has 1 nitrogen and oxygen atoms in total. The van der Waals surface area contributed by atoms with Gasteiger partial charge in [0.2, 0.25) is 0 Å². The summed E-state index contributed by atoms with van der Waals surface area (Å²) in [4.78, 5) is 0. The van der Waals surface area contributed by atoms with E-state index < -0.39 is 8.32 Å². The third-order valence-electron chi connectivity index (χ3n) is 2.84. The van der Waals surface area contributed by atoms with Crippen molar-refractivity contribution in [1.29, 1.82) is 0 Å². The molecule has 0 aromatic heterocycles. The van der Waals surface area contributed by atoms with E-state index in [2.05, 4.69) is 27.7 Å². The lowest BCUT2D eigenvalue weighted by Gasteiger charge is -2.27. The molecule has 0 aromatic rings. The molecule has 74 valence electrons. The van der Waals surface area contributed by atoms with Crippen molar-refractivity contribution < 1.29 is 4.43 Å². The lowest BCUT2D eigenvalue weighted by molar-refractivity contribution is 0.292. The number of hydrogen-bond acceptors (Lipinski definition) is 1. The normalized spacial score (nSPS) is 12.0. The molecule has 0 aliphatic rings. The highest BCUT2D eigenvalue weighted by molar-refractivity contribution is 6.73. The standard InChI is InChI=1S/C10H24OSi/c1-5-9-10-11-12(6-2,7-3)8-4/h5-10H2,1-4H3. The van der Waals surface area contributed by atoms with E-state index in [0.717, 1.165) is 6.61 Å². The predicted octanol–water partition coefficient (Wildman–Crippen LogP) is 3.81. The zero-order valence-corrected chi connectivity index (χ0v) is 10.2. The first kappa shape index (κ1) is 12.2. The molecule has 0 radical (unpaired) electrons. The fourth-order valence-corrected chi connectivity index (χ4v) is 4.18. The van der Waals surface area contributed by atoms with Gasteiger partial charge < -0.3 is 4.43 Å². The summed E-state index contributed by atoms with van der Waals surface area (Å²) in [5.41, 5.74) is 0. The fraction of sp³-hybridized carbons (Fsp3) is 1.00. The van der Waals surface area contributed by atoms with Gasteiger partial charge in [-0.2, -0.15) is 0 Å². The van der Waals surface area contributed by atoms with Gasteiger partial charge in [-0.15, -0.1) is 0 Å². The van der Waals surface area contributed by atoms with Crippen molar-refractivity contribution in [2.24, 2.45) is 0 Å². The van der Waals surface area contributed by atoms with Crippen LogP contribution in [0.4, 0.5) is 0 Å². The summed E-state index contributed by atoms with van der Waals surface area (Å²) in [5.74, 6) is 0. The average molecular weight is 188 g/mol. The van der Waals surface area contributed by atoms with Crippen molar-refractivity contribution in [3.05, 3.63) is 0 Å². The predicted molar refractivity (Wildman–Crippen MR) is 58.1 cm³/mol. The minimum Gasteiger partial charge on any atom is -0.417 e. The van der Waals surface area contributed by atoms with E-state index in [1.807, 2.05) is 0 Å². The summed E-state index contributed by atoms with van der Waals surface area (Å²) < 4.78 is 6.06. The third kappa shape index (κ3) is 3.72. The Bertz CT molecular complexity index is 91.7. The van der Waals surface area contributed by atoms with Gasteiger partial charge in [0.1, 0.15) is 0 Å². The molecule has 0 aliphatic carbocycles. The molecule has 0 N–H and O–H groups in total. The number of rotatable bonds is 7. The zero-order valence-electron chi connectivity index (χ0n) is 9.15. The summed E-state index contributed by atoms with van der Waals surface area (Å²) >= 11 is 0. The topological polar surface area (TPSA) is 9.23 Å². The molecule has 0 saturated heterocycles. The average Bonchev–Trinajstić information content (AvgIpc) is 2.14. The SMILES string of the molecule is CCCCO[Si](CC)(CC)CC. The maximum absolute atomic E-state index is 6.06. The summed E-state index contributed by atoms with van der Waals surface area (Å²) in [5, 5.41) is 0. The summed E-state index contributed by atoms with van der Waals surface area (Å²) in [6, 6.07) is 3.84. The van der Waals surface area contributed by atoms with Gasteiger partial charge >= 0.3 is 0 Å². The van der Waals surface area contributed by atoms with Gasteiger partial charge in [0, 0.05) is 6.61 Å². The second kappa shape index (κ2) is 6.67. The van der Waals surface area contributed by atoms with Crippen LogP contribution in [0.3, 0.4) is 0 Å². The molecule has 0 heterocycles. The molecular formula is C10H24OSi. The van der Waals surface area contributed by atoms with E-state index in [-0.39, 0.29) is 0 Å². The molecule has 0 aromatic carbocycles. The highest BCUT2D eigenvalue weighted by Crippen LogP contribution is 2.21. The molecule has 12 heavy (non-hydrogen) atoms. The maximum Gasteiger partial charge on any atom is 0.191 e. The Hall–Kier alpha value is 0.177. The van der Waals surface area contributed by atoms with Crippen molar-refractivity contribution in [3.63, 3.8) is 0 Å². The van der Waals surface area contributed by atoms with Crippen LogP contribution < -0.4 is 0 Å². The lowest BCUT2D eigenvalue weighted by atomic mass is 10.4. The van der Waals surface area contributed by atoms with Crippen LogP contribution in [0.5, 0.6) is 0 Å². The molecule has 0 amide bonds. The summed E-state index contributed by atoms with van der Waals surface area (Å²) in [6.45, 7) is 10.1. The van der Waals surface area contributed by atoms with Crippen molar-refractivity contribution in [1.82, 2.24) is 0 Å². The molecule has 0 rings (SSSR count). The smallest absolute Gasteiger partial charge is 0.191 e. The molecular weight excluding hydrogens is 164 g/mol. The van der Waals surface area contributed by atoms with Gasteiger partial charge in [-0.3, -0.25) is 0 Å². The van der Waals surface area contributed by atoms with E-state index in [1.165, 1.54) is 31.0 Å². The van der Waals surface area contributed by atoms with Crippen LogP contribution in [-0.4, -0.2) is 14.9 Å². The molecule has 0 spiro atoms. The Kier molecular flexibility index (Phi) is 6.77. The summed E-state index contributed by atoms with van der Waals surface area (Å²) in [7, 11) is -1.25. The van der Waals surface area contributed by atoms with Crippen LogP contribution in [0.1, 0.15) is 40.5 Å². The van der Waals surface area contributed by atoms with E-state index in [4.69, 9.17) is 4.43 Å². The molecule has 0 fully saturated rings. The second-order valence-electron chi connectivity index (χ2n) is 3.45. The molecule has 0 saturated carbocycles. The zero-order chi connectivity index (χ0) is 9.45. The van der Waals surface area contributed by atoms with Crippen LogP contribution in [0.25, 0.3) is 0 Å². The second-order valence-corrected chi connectivity index (χ2v) is 8.22. The van der Waals surface area contributed by atoms with Gasteiger partial charge in [0.15, 0.2) is 8.32 Å². The first-order chi connectivity index (χ1) is 5.74. The summed E-state index contributed by atoms with van der Waals surface area (Å²) in [6.07, 6.45) is 2.48. The highest BCUT2D eigenvalue weighted by atomic mass is 28.4.